The number of carbonyl (C=O) groups excluding carboxylic acids is 1. The molecule has 0 aromatic heterocycles. The van der Waals surface area contributed by atoms with E-state index in [-0.39, 0.29) is 25.1 Å². The van der Waals surface area contributed by atoms with E-state index in [0.717, 1.165) is 31.1 Å². The van der Waals surface area contributed by atoms with Crippen molar-refractivity contribution in [3.8, 4) is 5.75 Å². The molecule has 0 radical (unpaired) electrons. The molecule has 0 aliphatic carbocycles. The fourth-order valence-corrected chi connectivity index (χ4v) is 3.22. The van der Waals surface area contributed by atoms with Crippen molar-refractivity contribution in [1.82, 2.24) is 9.62 Å². The summed E-state index contributed by atoms with van der Waals surface area (Å²) in [7, 11) is -3.25. The number of aryl methyl sites for hydroxylation is 1. The molecule has 1 heterocycles. The highest BCUT2D eigenvalue weighted by Crippen LogP contribution is 2.18. The Kier molecular flexibility index (Phi) is 6.01. The van der Waals surface area contributed by atoms with Gasteiger partial charge in [0.25, 0.3) is 5.91 Å². The zero-order valence-electron chi connectivity index (χ0n) is 13.6. The molecule has 7 heteroatoms. The number of nitrogens with one attached hydrogen (secondary N) is 1. The van der Waals surface area contributed by atoms with Crippen LogP contribution in [-0.2, 0) is 14.8 Å². The van der Waals surface area contributed by atoms with Crippen molar-refractivity contribution in [1.29, 1.82) is 0 Å². The summed E-state index contributed by atoms with van der Waals surface area (Å²) in [4.78, 5) is 14.1. The van der Waals surface area contributed by atoms with E-state index in [1.807, 2.05) is 31.2 Å². The summed E-state index contributed by atoms with van der Waals surface area (Å²) in [5.74, 6) is 0.563. The van der Waals surface area contributed by atoms with Crippen LogP contribution < -0.4 is 9.46 Å². The maximum Gasteiger partial charge on any atom is 0.260 e. The first-order chi connectivity index (χ1) is 10.8. The summed E-state index contributed by atoms with van der Waals surface area (Å²) in [5.41, 5.74) is 1.07. The minimum Gasteiger partial charge on any atom is -0.484 e. The van der Waals surface area contributed by atoms with Crippen molar-refractivity contribution in [3.63, 3.8) is 0 Å². The van der Waals surface area contributed by atoms with Gasteiger partial charge in [-0.2, -0.15) is 0 Å². The summed E-state index contributed by atoms with van der Waals surface area (Å²) < 4.78 is 30.6. The number of nitrogens with zero attached hydrogens (tertiary/aromatic N) is 1. The second kappa shape index (κ2) is 7.79. The molecule has 1 N–H and O–H groups in total. The molecule has 1 aliphatic rings. The molecule has 128 valence electrons. The molecule has 23 heavy (non-hydrogen) atoms. The van der Waals surface area contributed by atoms with Gasteiger partial charge in [0.05, 0.1) is 6.26 Å². The first-order valence-electron chi connectivity index (χ1n) is 7.79. The quantitative estimate of drug-likeness (QED) is 0.847. The van der Waals surface area contributed by atoms with Crippen LogP contribution in [0.15, 0.2) is 24.3 Å². The highest BCUT2D eigenvalue weighted by Gasteiger charge is 2.27. The van der Waals surface area contributed by atoms with Gasteiger partial charge in [-0.1, -0.05) is 12.1 Å². The largest absolute Gasteiger partial charge is 0.484 e. The van der Waals surface area contributed by atoms with Gasteiger partial charge in [-0.15, -0.1) is 0 Å². The Morgan fingerprint density at radius 3 is 2.87 bits per heavy atom. The van der Waals surface area contributed by atoms with Gasteiger partial charge in [0, 0.05) is 19.1 Å². The van der Waals surface area contributed by atoms with Gasteiger partial charge in [-0.3, -0.25) is 4.79 Å². The summed E-state index contributed by atoms with van der Waals surface area (Å²) in [6.45, 7) is 2.84. The number of amides is 1. The second-order valence-electron chi connectivity index (χ2n) is 5.96. The van der Waals surface area contributed by atoms with E-state index in [1.54, 1.807) is 4.90 Å². The maximum absolute atomic E-state index is 12.4. The minimum absolute atomic E-state index is 0.0289. The molecule has 1 aromatic rings. The molecule has 1 atom stereocenters. The standard InChI is InChI=1S/C16H24N2O4S/c1-13-6-5-8-15(10-13)22-12-16(19)18-9-4-3-7-14(18)11-17-23(2,20)21/h5-6,8,10,14,17H,3-4,7,9,11-12H2,1-2H3. The number of hydrogen-bond acceptors (Lipinski definition) is 4. The fraction of sp³-hybridized carbons (Fsp3) is 0.562. The Labute approximate surface area is 137 Å². The number of rotatable bonds is 6. The van der Waals surface area contributed by atoms with E-state index in [1.165, 1.54) is 0 Å². The third kappa shape index (κ3) is 5.84. The molecule has 0 bridgehead atoms. The number of benzene rings is 1. The molecular weight excluding hydrogens is 316 g/mol. The highest BCUT2D eigenvalue weighted by molar-refractivity contribution is 7.88. The van der Waals surface area contributed by atoms with Crippen molar-refractivity contribution in [3.05, 3.63) is 29.8 Å². The molecule has 1 unspecified atom stereocenters. The maximum atomic E-state index is 12.4. The average Bonchev–Trinajstić information content (AvgIpc) is 2.50. The van der Waals surface area contributed by atoms with Crippen molar-refractivity contribution in [2.75, 3.05) is 26.0 Å². The average molecular weight is 340 g/mol. The van der Waals surface area contributed by atoms with Gasteiger partial charge in [0.1, 0.15) is 5.75 Å². The van der Waals surface area contributed by atoms with E-state index in [9.17, 15) is 13.2 Å². The van der Waals surface area contributed by atoms with Crippen molar-refractivity contribution < 1.29 is 17.9 Å². The van der Waals surface area contributed by atoms with Crippen LogP contribution in [0.5, 0.6) is 5.75 Å². The van der Waals surface area contributed by atoms with E-state index in [0.29, 0.717) is 12.3 Å². The first-order valence-corrected chi connectivity index (χ1v) is 9.68. The molecule has 0 spiro atoms. The lowest BCUT2D eigenvalue weighted by Gasteiger charge is -2.35. The van der Waals surface area contributed by atoms with Gasteiger partial charge in [-0.05, 0) is 43.9 Å². The van der Waals surface area contributed by atoms with Crippen molar-refractivity contribution >= 4 is 15.9 Å². The van der Waals surface area contributed by atoms with Crippen LogP contribution in [0.1, 0.15) is 24.8 Å². The summed E-state index contributed by atoms with van der Waals surface area (Å²) in [6.07, 6.45) is 3.87. The Morgan fingerprint density at radius 2 is 2.17 bits per heavy atom. The van der Waals surface area contributed by atoms with Gasteiger partial charge in [-0.25, -0.2) is 13.1 Å². The molecule has 0 saturated carbocycles. The summed E-state index contributed by atoms with van der Waals surface area (Å²) >= 11 is 0. The van der Waals surface area contributed by atoms with Crippen LogP contribution in [0.2, 0.25) is 0 Å². The predicted octanol–water partition coefficient (Wildman–Crippen LogP) is 1.30. The lowest BCUT2D eigenvalue weighted by Crippen LogP contribution is -2.50. The lowest BCUT2D eigenvalue weighted by molar-refractivity contribution is -0.136. The predicted molar refractivity (Wildman–Crippen MR) is 88.9 cm³/mol. The van der Waals surface area contributed by atoms with Gasteiger partial charge < -0.3 is 9.64 Å². The highest BCUT2D eigenvalue weighted by atomic mass is 32.2. The smallest absolute Gasteiger partial charge is 0.260 e. The van der Waals surface area contributed by atoms with Crippen molar-refractivity contribution in [2.24, 2.45) is 0 Å². The number of ether oxygens (including phenoxy) is 1. The number of hydrogen-bond donors (Lipinski definition) is 1. The van der Waals surface area contributed by atoms with Crippen LogP contribution in [-0.4, -0.2) is 51.2 Å². The van der Waals surface area contributed by atoms with Crippen LogP contribution in [0.4, 0.5) is 0 Å². The zero-order chi connectivity index (χ0) is 16.9. The van der Waals surface area contributed by atoms with Crippen LogP contribution >= 0.6 is 0 Å². The number of carbonyl (C=O) groups is 1. The SMILES string of the molecule is Cc1cccc(OCC(=O)N2CCCCC2CNS(C)(=O)=O)c1. The molecular formula is C16H24N2O4S. The molecule has 6 nitrogen and oxygen atoms in total. The Morgan fingerprint density at radius 1 is 1.39 bits per heavy atom. The van der Waals surface area contributed by atoms with Gasteiger partial charge in [0.2, 0.25) is 10.0 Å². The van der Waals surface area contributed by atoms with Crippen LogP contribution in [0, 0.1) is 6.92 Å². The van der Waals surface area contributed by atoms with Crippen LogP contribution in [0.3, 0.4) is 0 Å². The first kappa shape index (κ1) is 17.7. The number of sulfonamides is 1. The Balaban J connectivity index is 1.92. The van der Waals surface area contributed by atoms with E-state index in [2.05, 4.69) is 4.72 Å². The lowest BCUT2D eigenvalue weighted by atomic mass is 10.0. The van der Waals surface area contributed by atoms with E-state index in [4.69, 9.17) is 4.74 Å². The second-order valence-corrected chi connectivity index (χ2v) is 7.80. The van der Waals surface area contributed by atoms with Gasteiger partial charge >= 0.3 is 0 Å². The normalized spacial score (nSPS) is 18.7. The van der Waals surface area contributed by atoms with Crippen LogP contribution in [0.25, 0.3) is 0 Å². The van der Waals surface area contributed by atoms with E-state index < -0.39 is 10.0 Å². The van der Waals surface area contributed by atoms with Gasteiger partial charge in [0.15, 0.2) is 6.61 Å². The van der Waals surface area contributed by atoms with E-state index >= 15 is 0 Å². The monoisotopic (exact) mass is 340 g/mol. The van der Waals surface area contributed by atoms with Crippen molar-refractivity contribution in [2.45, 2.75) is 32.2 Å². The molecule has 1 saturated heterocycles. The molecule has 1 aromatic carbocycles. The number of likely N-dealkylation sites (tertiary alicyclic amines) is 1. The molecule has 1 amide bonds. The minimum atomic E-state index is -3.25. The topological polar surface area (TPSA) is 75.7 Å². The fourth-order valence-electron chi connectivity index (χ4n) is 2.72. The Hall–Kier alpha value is -1.60. The molecule has 1 aliphatic heterocycles. The third-order valence-electron chi connectivity index (χ3n) is 3.88. The summed E-state index contributed by atoms with van der Waals surface area (Å²) in [5, 5.41) is 0. The molecule has 1 fully saturated rings. The Bertz CT molecular complexity index is 645. The summed E-state index contributed by atoms with van der Waals surface area (Å²) in [6, 6.07) is 7.44. The number of piperidine rings is 1. The molecule has 2 rings (SSSR count). The zero-order valence-corrected chi connectivity index (χ0v) is 14.4. The third-order valence-corrected chi connectivity index (χ3v) is 4.57.